The SMILES string of the molecule is COc1ccc(/C=C/C(=O)Nc2nnc(-c3ccc(OC)cc3)o2)cc1. The van der Waals surface area contributed by atoms with Crippen molar-refractivity contribution in [1.82, 2.24) is 10.2 Å². The molecule has 0 radical (unpaired) electrons. The van der Waals surface area contributed by atoms with Crippen LogP contribution in [0.2, 0.25) is 0 Å². The minimum atomic E-state index is -0.370. The molecule has 0 saturated heterocycles. The first-order valence-corrected chi connectivity index (χ1v) is 7.79. The zero-order valence-electron chi connectivity index (χ0n) is 14.3. The van der Waals surface area contributed by atoms with E-state index >= 15 is 0 Å². The number of carbonyl (C=O) groups excluding carboxylic acids is 1. The van der Waals surface area contributed by atoms with Gasteiger partial charge in [-0.25, -0.2) is 0 Å². The van der Waals surface area contributed by atoms with Crippen LogP contribution in [0.25, 0.3) is 17.5 Å². The molecule has 7 heteroatoms. The molecular weight excluding hydrogens is 334 g/mol. The van der Waals surface area contributed by atoms with Crippen molar-refractivity contribution in [2.24, 2.45) is 0 Å². The zero-order chi connectivity index (χ0) is 18.4. The van der Waals surface area contributed by atoms with Gasteiger partial charge < -0.3 is 13.9 Å². The molecule has 0 spiro atoms. The summed E-state index contributed by atoms with van der Waals surface area (Å²) in [5.74, 6) is 1.42. The Morgan fingerprint density at radius 3 is 2.19 bits per heavy atom. The Morgan fingerprint density at radius 2 is 1.58 bits per heavy atom. The lowest BCUT2D eigenvalue weighted by Crippen LogP contribution is -2.07. The Morgan fingerprint density at radius 1 is 0.962 bits per heavy atom. The molecule has 1 amide bonds. The summed E-state index contributed by atoms with van der Waals surface area (Å²) >= 11 is 0. The van der Waals surface area contributed by atoms with Crippen molar-refractivity contribution in [3.63, 3.8) is 0 Å². The predicted octanol–water partition coefficient (Wildman–Crippen LogP) is 3.41. The van der Waals surface area contributed by atoms with Gasteiger partial charge in [0, 0.05) is 11.6 Å². The summed E-state index contributed by atoms with van der Waals surface area (Å²) in [4.78, 5) is 12.0. The van der Waals surface area contributed by atoms with Crippen LogP contribution in [0.4, 0.5) is 6.01 Å². The molecule has 7 nitrogen and oxygen atoms in total. The third-order valence-electron chi connectivity index (χ3n) is 3.54. The summed E-state index contributed by atoms with van der Waals surface area (Å²) in [6, 6.07) is 14.5. The highest BCUT2D eigenvalue weighted by Crippen LogP contribution is 2.22. The van der Waals surface area contributed by atoms with Crippen LogP contribution < -0.4 is 14.8 Å². The maximum atomic E-state index is 12.0. The van der Waals surface area contributed by atoms with E-state index in [-0.39, 0.29) is 11.9 Å². The largest absolute Gasteiger partial charge is 0.497 e. The van der Waals surface area contributed by atoms with Gasteiger partial charge in [0.2, 0.25) is 5.89 Å². The molecule has 0 atom stereocenters. The molecule has 3 rings (SSSR count). The quantitative estimate of drug-likeness (QED) is 0.685. The van der Waals surface area contributed by atoms with E-state index in [1.807, 2.05) is 24.3 Å². The first kappa shape index (κ1) is 17.2. The molecule has 0 aliphatic rings. The van der Waals surface area contributed by atoms with Crippen LogP contribution in [0.15, 0.2) is 59.0 Å². The van der Waals surface area contributed by atoms with Crippen LogP contribution in [0.1, 0.15) is 5.56 Å². The average molecular weight is 351 g/mol. The Bertz CT molecular complexity index is 899. The van der Waals surface area contributed by atoms with Crippen LogP contribution in [-0.4, -0.2) is 30.3 Å². The second-order valence-electron chi connectivity index (χ2n) is 5.24. The number of carbonyl (C=O) groups is 1. The fourth-order valence-corrected chi connectivity index (χ4v) is 2.16. The van der Waals surface area contributed by atoms with E-state index in [0.29, 0.717) is 5.89 Å². The fraction of sp³-hybridized carbons (Fsp3) is 0.105. The molecule has 132 valence electrons. The fourth-order valence-electron chi connectivity index (χ4n) is 2.16. The topological polar surface area (TPSA) is 86.5 Å². The second kappa shape index (κ2) is 7.98. The maximum Gasteiger partial charge on any atom is 0.322 e. The third-order valence-corrected chi connectivity index (χ3v) is 3.54. The van der Waals surface area contributed by atoms with Crippen molar-refractivity contribution in [2.45, 2.75) is 0 Å². The Kier molecular flexibility index (Phi) is 5.28. The molecule has 1 heterocycles. The number of nitrogens with zero attached hydrogens (tertiary/aromatic N) is 2. The predicted molar refractivity (Wildman–Crippen MR) is 96.9 cm³/mol. The van der Waals surface area contributed by atoms with Crippen LogP contribution >= 0.6 is 0 Å². The number of methoxy groups -OCH3 is 2. The molecule has 3 aromatic rings. The van der Waals surface area contributed by atoms with Crippen LogP contribution in [0, 0.1) is 0 Å². The molecule has 2 aromatic carbocycles. The lowest BCUT2D eigenvalue weighted by molar-refractivity contribution is -0.112. The smallest absolute Gasteiger partial charge is 0.322 e. The van der Waals surface area contributed by atoms with E-state index in [1.165, 1.54) is 6.08 Å². The van der Waals surface area contributed by atoms with Gasteiger partial charge in [-0.1, -0.05) is 17.2 Å². The minimum absolute atomic E-state index is 0.0280. The number of anilines is 1. The Hall–Kier alpha value is -3.61. The van der Waals surface area contributed by atoms with E-state index in [1.54, 1.807) is 44.6 Å². The van der Waals surface area contributed by atoms with Crippen molar-refractivity contribution in [3.05, 3.63) is 60.2 Å². The number of hydrogen-bond donors (Lipinski definition) is 1. The molecule has 0 aliphatic heterocycles. The van der Waals surface area contributed by atoms with Gasteiger partial charge in [0.15, 0.2) is 0 Å². The zero-order valence-corrected chi connectivity index (χ0v) is 14.3. The highest BCUT2D eigenvalue weighted by Gasteiger charge is 2.10. The van der Waals surface area contributed by atoms with E-state index in [0.717, 1.165) is 22.6 Å². The highest BCUT2D eigenvalue weighted by molar-refractivity contribution is 6.00. The van der Waals surface area contributed by atoms with Gasteiger partial charge in [0.1, 0.15) is 11.5 Å². The van der Waals surface area contributed by atoms with E-state index in [9.17, 15) is 4.79 Å². The minimum Gasteiger partial charge on any atom is -0.497 e. The summed E-state index contributed by atoms with van der Waals surface area (Å²) in [5.41, 5.74) is 1.60. The number of rotatable bonds is 6. The van der Waals surface area contributed by atoms with Gasteiger partial charge in [0.05, 0.1) is 14.2 Å². The summed E-state index contributed by atoms with van der Waals surface area (Å²) in [5, 5.41) is 10.3. The average Bonchev–Trinajstić information content (AvgIpc) is 3.15. The standard InChI is InChI=1S/C19H17N3O4/c1-24-15-8-3-13(4-9-15)5-12-17(23)20-19-22-21-18(26-19)14-6-10-16(25-2)11-7-14/h3-12H,1-2H3,(H,20,22,23)/b12-5+. The van der Waals surface area contributed by atoms with E-state index in [2.05, 4.69) is 15.5 Å². The number of amides is 1. The summed E-state index contributed by atoms with van der Waals surface area (Å²) < 4.78 is 15.6. The second-order valence-corrected chi connectivity index (χ2v) is 5.24. The van der Waals surface area contributed by atoms with Gasteiger partial charge in [-0.15, -0.1) is 5.10 Å². The lowest BCUT2D eigenvalue weighted by atomic mass is 10.2. The summed E-state index contributed by atoms with van der Waals surface area (Å²) in [7, 11) is 3.19. The monoisotopic (exact) mass is 351 g/mol. The Balaban J connectivity index is 1.62. The number of hydrogen-bond acceptors (Lipinski definition) is 6. The van der Waals surface area contributed by atoms with Gasteiger partial charge >= 0.3 is 6.01 Å². The molecule has 0 bridgehead atoms. The normalized spacial score (nSPS) is 10.7. The van der Waals surface area contributed by atoms with Crippen molar-refractivity contribution >= 4 is 18.0 Å². The Labute approximate surface area is 150 Å². The molecule has 0 fully saturated rings. The third kappa shape index (κ3) is 4.27. The number of benzene rings is 2. The van der Waals surface area contributed by atoms with Gasteiger partial charge in [0.25, 0.3) is 5.91 Å². The van der Waals surface area contributed by atoms with Crippen molar-refractivity contribution in [3.8, 4) is 23.0 Å². The van der Waals surface area contributed by atoms with Crippen molar-refractivity contribution in [2.75, 3.05) is 19.5 Å². The highest BCUT2D eigenvalue weighted by atomic mass is 16.5. The first-order chi connectivity index (χ1) is 12.7. The molecule has 26 heavy (non-hydrogen) atoms. The molecular formula is C19H17N3O4. The molecule has 0 saturated carbocycles. The molecule has 0 unspecified atom stereocenters. The number of nitrogens with one attached hydrogen (secondary N) is 1. The number of ether oxygens (including phenoxy) is 2. The van der Waals surface area contributed by atoms with E-state index < -0.39 is 0 Å². The molecule has 1 N–H and O–H groups in total. The number of aromatic nitrogens is 2. The summed E-state index contributed by atoms with van der Waals surface area (Å²) in [6.07, 6.45) is 3.06. The molecule has 0 aliphatic carbocycles. The van der Waals surface area contributed by atoms with Crippen LogP contribution in [-0.2, 0) is 4.79 Å². The molecule has 1 aromatic heterocycles. The van der Waals surface area contributed by atoms with Gasteiger partial charge in [-0.3, -0.25) is 10.1 Å². The first-order valence-electron chi connectivity index (χ1n) is 7.79. The van der Waals surface area contributed by atoms with Crippen molar-refractivity contribution < 1.29 is 18.7 Å². The lowest BCUT2D eigenvalue weighted by Gasteiger charge is -1.99. The van der Waals surface area contributed by atoms with Crippen molar-refractivity contribution in [1.29, 1.82) is 0 Å². The van der Waals surface area contributed by atoms with Crippen LogP contribution in [0.3, 0.4) is 0 Å². The van der Waals surface area contributed by atoms with Crippen LogP contribution in [0.5, 0.6) is 11.5 Å². The van der Waals surface area contributed by atoms with Gasteiger partial charge in [-0.2, -0.15) is 0 Å². The summed E-state index contributed by atoms with van der Waals surface area (Å²) in [6.45, 7) is 0. The maximum absolute atomic E-state index is 12.0. The van der Waals surface area contributed by atoms with E-state index in [4.69, 9.17) is 13.9 Å². The van der Waals surface area contributed by atoms with Gasteiger partial charge in [-0.05, 0) is 48.0 Å².